The smallest absolute Gasteiger partial charge is 0.0350 e. The first-order valence-electron chi connectivity index (χ1n) is 4.53. The summed E-state index contributed by atoms with van der Waals surface area (Å²) in [7, 11) is 0. The first-order valence-corrected chi connectivity index (χ1v) is 5.32. The summed E-state index contributed by atoms with van der Waals surface area (Å²) >= 11 is 3.47. The second-order valence-corrected chi connectivity index (χ2v) is 4.38. The third-order valence-corrected chi connectivity index (χ3v) is 3.04. The van der Waals surface area contributed by atoms with Crippen molar-refractivity contribution < 1.29 is 0 Å². The van der Waals surface area contributed by atoms with Crippen molar-refractivity contribution in [2.75, 3.05) is 18.8 Å². The van der Waals surface area contributed by atoms with Gasteiger partial charge in [-0.2, -0.15) is 0 Å². The van der Waals surface area contributed by atoms with Gasteiger partial charge >= 0.3 is 0 Å². The molecule has 0 amide bonds. The second-order valence-electron chi connectivity index (χ2n) is 3.46. The maximum absolute atomic E-state index is 5.92. The van der Waals surface area contributed by atoms with E-state index in [9.17, 15) is 0 Å². The largest absolute Gasteiger partial charge is 0.398 e. The molecule has 3 heteroatoms. The van der Waals surface area contributed by atoms with Crippen LogP contribution in [-0.4, -0.2) is 13.1 Å². The van der Waals surface area contributed by atoms with Crippen LogP contribution in [0.4, 0.5) is 5.69 Å². The lowest BCUT2D eigenvalue weighted by Crippen LogP contribution is -2.09. The molecule has 3 N–H and O–H groups in total. The topological polar surface area (TPSA) is 38.0 Å². The van der Waals surface area contributed by atoms with Crippen molar-refractivity contribution >= 4 is 21.6 Å². The third-order valence-electron chi connectivity index (χ3n) is 2.55. The van der Waals surface area contributed by atoms with E-state index in [0.717, 1.165) is 23.2 Å². The highest BCUT2D eigenvalue weighted by Gasteiger charge is 2.18. The van der Waals surface area contributed by atoms with E-state index in [2.05, 4.69) is 27.3 Å². The van der Waals surface area contributed by atoms with Crippen LogP contribution in [0.3, 0.4) is 0 Å². The molecule has 0 spiro atoms. The van der Waals surface area contributed by atoms with Crippen molar-refractivity contribution in [2.24, 2.45) is 0 Å². The van der Waals surface area contributed by atoms with E-state index in [1.807, 2.05) is 12.1 Å². The Morgan fingerprint density at radius 2 is 2.31 bits per heavy atom. The van der Waals surface area contributed by atoms with Crippen LogP contribution in [0.2, 0.25) is 0 Å². The van der Waals surface area contributed by atoms with Crippen molar-refractivity contribution in [3.8, 4) is 0 Å². The maximum atomic E-state index is 5.92. The Morgan fingerprint density at radius 1 is 1.46 bits per heavy atom. The highest BCUT2D eigenvalue weighted by Crippen LogP contribution is 2.29. The van der Waals surface area contributed by atoms with Crippen LogP contribution in [0.25, 0.3) is 0 Å². The van der Waals surface area contributed by atoms with Gasteiger partial charge in [0.1, 0.15) is 0 Å². The number of anilines is 1. The van der Waals surface area contributed by atoms with Gasteiger partial charge in [0.2, 0.25) is 0 Å². The van der Waals surface area contributed by atoms with Gasteiger partial charge in [-0.1, -0.05) is 15.9 Å². The van der Waals surface area contributed by atoms with Gasteiger partial charge in [0.25, 0.3) is 0 Å². The van der Waals surface area contributed by atoms with Crippen molar-refractivity contribution in [3.05, 3.63) is 28.2 Å². The molecule has 1 fully saturated rings. The maximum Gasteiger partial charge on any atom is 0.0350 e. The first kappa shape index (κ1) is 9.03. The molecule has 1 atom stereocenters. The van der Waals surface area contributed by atoms with Gasteiger partial charge in [0.15, 0.2) is 0 Å². The number of nitrogens with two attached hydrogens (primary N) is 1. The number of benzene rings is 1. The molecular weight excluding hydrogens is 228 g/mol. The van der Waals surface area contributed by atoms with E-state index in [0.29, 0.717) is 5.92 Å². The number of rotatable bonds is 1. The fourth-order valence-electron chi connectivity index (χ4n) is 1.82. The van der Waals surface area contributed by atoms with E-state index in [1.54, 1.807) is 0 Å². The predicted octanol–water partition coefficient (Wildman–Crippen LogP) is 2.11. The highest BCUT2D eigenvalue weighted by atomic mass is 79.9. The predicted molar refractivity (Wildman–Crippen MR) is 58.8 cm³/mol. The van der Waals surface area contributed by atoms with Crippen LogP contribution in [0, 0.1) is 0 Å². The zero-order valence-electron chi connectivity index (χ0n) is 7.39. The van der Waals surface area contributed by atoms with Gasteiger partial charge in [-0.05, 0) is 42.6 Å². The number of nitrogens with one attached hydrogen (secondary N) is 1. The molecule has 0 saturated carbocycles. The van der Waals surface area contributed by atoms with Crippen LogP contribution < -0.4 is 11.1 Å². The van der Waals surface area contributed by atoms with Crippen LogP contribution in [-0.2, 0) is 0 Å². The minimum absolute atomic E-state index is 0.595. The van der Waals surface area contributed by atoms with Crippen molar-refractivity contribution in [3.63, 3.8) is 0 Å². The molecule has 1 aromatic carbocycles. The molecule has 70 valence electrons. The molecule has 0 radical (unpaired) electrons. The molecule has 0 aliphatic carbocycles. The average Bonchev–Trinajstić information content (AvgIpc) is 2.61. The molecule has 2 nitrogen and oxygen atoms in total. The van der Waals surface area contributed by atoms with Crippen molar-refractivity contribution in [1.29, 1.82) is 0 Å². The summed E-state index contributed by atoms with van der Waals surface area (Å²) in [4.78, 5) is 0. The Kier molecular flexibility index (Phi) is 2.56. The zero-order valence-corrected chi connectivity index (χ0v) is 8.97. The fraction of sp³-hybridized carbons (Fsp3) is 0.400. The van der Waals surface area contributed by atoms with Gasteiger partial charge < -0.3 is 11.1 Å². The van der Waals surface area contributed by atoms with E-state index in [-0.39, 0.29) is 0 Å². The molecule has 1 aromatic rings. The van der Waals surface area contributed by atoms with Gasteiger partial charge in [0, 0.05) is 16.7 Å². The molecule has 1 aliphatic heterocycles. The number of halogens is 1. The standard InChI is InChI=1S/C10H13BrN2/c11-8-1-2-10(12)9(5-8)7-3-4-13-6-7/h1-2,5,7,13H,3-4,6,12H2. The Morgan fingerprint density at radius 3 is 3.00 bits per heavy atom. The van der Waals surface area contributed by atoms with E-state index in [1.165, 1.54) is 12.0 Å². The van der Waals surface area contributed by atoms with E-state index < -0.39 is 0 Å². The van der Waals surface area contributed by atoms with E-state index >= 15 is 0 Å². The fourth-order valence-corrected chi connectivity index (χ4v) is 2.20. The molecule has 1 heterocycles. The van der Waals surface area contributed by atoms with Crippen LogP contribution in [0.1, 0.15) is 17.9 Å². The normalized spacial score (nSPS) is 22.1. The zero-order chi connectivity index (χ0) is 9.26. The number of hydrogen-bond donors (Lipinski definition) is 2. The Balaban J connectivity index is 2.32. The van der Waals surface area contributed by atoms with Crippen LogP contribution >= 0.6 is 15.9 Å². The lowest BCUT2D eigenvalue weighted by Gasteiger charge is -2.12. The third kappa shape index (κ3) is 1.86. The second kappa shape index (κ2) is 3.68. The minimum Gasteiger partial charge on any atom is -0.398 e. The molecule has 1 saturated heterocycles. The summed E-state index contributed by atoms with van der Waals surface area (Å²) < 4.78 is 1.11. The summed E-state index contributed by atoms with van der Waals surface area (Å²) in [5.41, 5.74) is 8.11. The molecule has 1 aliphatic rings. The number of hydrogen-bond acceptors (Lipinski definition) is 2. The van der Waals surface area contributed by atoms with Gasteiger partial charge in [-0.25, -0.2) is 0 Å². The molecule has 2 rings (SSSR count). The quantitative estimate of drug-likeness (QED) is 0.739. The Hall–Kier alpha value is -0.540. The van der Waals surface area contributed by atoms with Crippen molar-refractivity contribution in [1.82, 2.24) is 5.32 Å². The lowest BCUT2D eigenvalue weighted by molar-refractivity contribution is 0.765. The summed E-state index contributed by atoms with van der Waals surface area (Å²) in [6.07, 6.45) is 1.20. The monoisotopic (exact) mass is 240 g/mol. The minimum atomic E-state index is 0.595. The van der Waals surface area contributed by atoms with Gasteiger partial charge in [-0.15, -0.1) is 0 Å². The van der Waals surface area contributed by atoms with Crippen LogP contribution in [0.15, 0.2) is 22.7 Å². The Labute approximate surface area is 86.6 Å². The molecule has 0 bridgehead atoms. The first-order chi connectivity index (χ1) is 6.27. The van der Waals surface area contributed by atoms with E-state index in [4.69, 9.17) is 5.73 Å². The average molecular weight is 241 g/mol. The van der Waals surface area contributed by atoms with Crippen LogP contribution in [0.5, 0.6) is 0 Å². The summed E-state index contributed by atoms with van der Waals surface area (Å²) in [5.74, 6) is 0.595. The highest BCUT2D eigenvalue weighted by molar-refractivity contribution is 9.10. The molecule has 0 aromatic heterocycles. The SMILES string of the molecule is Nc1ccc(Br)cc1C1CCNC1. The number of nitrogen functional groups attached to an aromatic ring is 1. The van der Waals surface area contributed by atoms with Gasteiger partial charge in [0.05, 0.1) is 0 Å². The summed E-state index contributed by atoms with van der Waals surface area (Å²) in [6, 6.07) is 6.09. The van der Waals surface area contributed by atoms with Crippen molar-refractivity contribution in [2.45, 2.75) is 12.3 Å². The molecular formula is C10H13BrN2. The lowest BCUT2D eigenvalue weighted by atomic mass is 9.97. The molecule has 1 unspecified atom stereocenters. The summed E-state index contributed by atoms with van der Waals surface area (Å²) in [6.45, 7) is 2.16. The Bertz CT molecular complexity index is 306. The summed E-state index contributed by atoms with van der Waals surface area (Å²) in [5, 5.41) is 3.35. The van der Waals surface area contributed by atoms with Gasteiger partial charge in [-0.3, -0.25) is 0 Å². The molecule has 13 heavy (non-hydrogen) atoms.